The molecule has 2 atom stereocenters. The van der Waals surface area contributed by atoms with E-state index >= 15 is 0 Å². The molecule has 2 unspecified atom stereocenters. The van der Waals surface area contributed by atoms with Gasteiger partial charge >= 0.3 is 0 Å². The molecule has 0 heterocycles. The number of aliphatic hydroxyl groups is 1. The third kappa shape index (κ3) is 4.37. The van der Waals surface area contributed by atoms with E-state index in [1.54, 1.807) is 12.1 Å². The fourth-order valence-electron chi connectivity index (χ4n) is 2.66. The second-order valence-corrected chi connectivity index (χ2v) is 5.60. The van der Waals surface area contributed by atoms with E-state index in [-0.39, 0.29) is 29.3 Å². The van der Waals surface area contributed by atoms with Crippen LogP contribution in [-0.4, -0.2) is 10.0 Å². The maximum absolute atomic E-state index is 10.9. The Bertz CT molecular complexity index is 673. The quantitative estimate of drug-likeness (QED) is 0.600. The zero-order valence-electron chi connectivity index (χ0n) is 13.4. The molecular formula is C18H22N2O3. The van der Waals surface area contributed by atoms with E-state index in [1.807, 2.05) is 37.3 Å². The Hall–Kier alpha value is -2.24. The van der Waals surface area contributed by atoms with Crippen LogP contribution in [0.2, 0.25) is 0 Å². The van der Waals surface area contributed by atoms with Crippen molar-refractivity contribution in [1.82, 2.24) is 5.32 Å². The molecule has 0 saturated carbocycles. The van der Waals surface area contributed by atoms with Gasteiger partial charge in [-0.1, -0.05) is 43.3 Å². The molecule has 5 nitrogen and oxygen atoms in total. The molecule has 2 aromatic rings. The summed E-state index contributed by atoms with van der Waals surface area (Å²) >= 11 is 0. The lowest BCUT2D eigenvalue weighted by Crippen LogP contribution is -2.24. The Labute approximate surface area is 136 Å². The van der Waals surface area contributed by atoms with Gasteiger partial charge in [0.1, 0.15) is 0 Å². The van der Waals surface area contributed by atoms with E-state index in [9.17, 15) is 15.2 Å². The molecular weight excluding hydrogens is 292 g/mol. The van der Waals surface area contributed by atoms with Gasteiger partial charge in [0.25, 0.3) is 5.69 Å². The summed E-state index contributed by atoms with van der Waals surface area (Å²) in [5.74, 6) is 0. The number of aliphatic hydroxyl groups excluding tert-OH is 1. The molecule has 0 amide bonds. The van der Waals surface area contributed by atoms with Crippen molar-refractivity contribution < 1.29 is 10.0 Å². The lowest BCUT2D eigenvalue weighted by Gasteiger charge is -2.23. The minimum atomic E-state index is -0.371. The first kappa shape index (κ1) is 17.1. The van der Waals surface area contributed by atoms with Gasteiger partial charge in [0, 0.05) is 24.2 Å². The van der Waals surface area contributed by atoms with Crippen LogP contribution in [0.4, 0.5) is 5.69 Å². The number of nitro groups is 1. The van der Waals surface area contributed by atoms with E-state index in [2.05, 4.69) is 12.2 Å². The Morgan fingerprint density at radius 2 is 1.87 bits per heavy atom. The molecule has 23 heavy (non-hydrogen) atoms. The molecule has 0 spiro atoms. The second-order valence-electron chi connectivity index (χ2n) is 5.60. The summed E-state index contributed by atoms with van der Waals surface area (Å²) < 4.78 is 0. The molecule has 0 radical (unpaired) electrons. The Morgan fingerprint density at radius 1 is 1.17 bits per heavy atom. The fourth-order valence-corrected chi connectivity index (χ4v) is 2.66. The summed E-state index contributed by atoms with van der Waals surface area (Å²) in [6.07, 6.45) is 0.825. The highest BCUT2D eigenvalue weighted by molar-refractivity contribution is 5.36. The highest BCUT2D eigenvalue weighted by Gasteiger charge is 2.16. The lowest BCUT2D eigenvalue weighted by molar-refractivity contribution is -0.384. The molecule has 0 aliphatic rings. The number of nitrogens with zero attached hydrogens (tertiary/aromatic N) is 1. The predicted molar refractivity (Wildman–Crippen MR) is 90.0 cm³/mol. The highest BCUT2D eigenvalue weighted by Crippen LogP contribution is 2.25. The summed E-state index contributed by atoms with van der Waals surface area (Å²) in [5, 5.41) is 23.7. The number of non-ortho nitro benzene ring substituents is 1. The smallest absolute Gasteiger partial charge is 0.269 e. The SMILES string of the molecule is CCC(NC(C)c1cccc(CO)c1)c1cccc([N+](=O)[O-])c1. The maximum Gasteiger partial charge on any atom is 0.269 e. The van der Waals surface area contributed by atoms with Crippen molar-refractivity contribution in [2.24, 2.45) is 0 Å². The van der Waals surface area contributed by atoms with E-state index in [0.29, 0.717) is 0 Å². The number of hydrogen-bond donors (Lipinski definition) is 2. The number of nitro benzene ring substituents is 1. The number of nitrogens with one attached hydrogen (secondary N) is 1. The largest absolute Gasteiger partial charge is 0.392 e. The number of benzene rings is 2. The Kier molecular flexibility index (Phi) is 5.84. The van der Waals surface area contributed by atoms with Gasteiger partial charge in [0.15, 0.2) is 0 Å². The molecule has 0 fully saturated rings. The van der Waals surface area contributed by atoms with Crippen LogP contribution in [0.3, 0.4) is 0 Å². The van der Waals surface area contributed by atoms with Gasteiger partial charge in [-0.15, -0.1) is 0 Å². The van der Waals surface area contributed by atoms with Crippen LogP contribution in [0.25, 0.3) is 0 Å². The van der Waals surface area contributed by atoms with Gasteiger partial charge in [-0.25, -0.2) is 0 Å². The predicted octanol–water partition coefficient (Wildman–Crippen LogP) is 3.89. The molecule has 2 rings (SSSR count). The molecule has 2 aromatic carbocycles. The van der Waals surface area contributed by atoms with Crippen LogP contribution < -0.4 is 5.32 Å². The second kappa shape index (κ2) is 7.85. The van der Waals surface area contributed by atoms with E-state index < -0.39 is 0 Å². The van der Waals surface area contributed by atoms with Crippen LogP contribution in [-0.2, 0) is 6.61 Å². The van der Waals surface area contributed by atoms with Crippen molar-refractivity contribution in [1.29, 1.82) is 0 Å². The van der Waals surface area contributed by atoms with Crippen LogP contribution in [0.1, 0.15) is 49.0 Å². The minimum Gasteiger partial charge on any atom is -0.392 e. The zero-order valence-corrected chi connectivity index (χ0v) is 13.4. The van der Waals surface area contributed by atoms with Gasteiger partial charge in [-0.3, -0.25) is 10.1 Å². The maximum atomic E-state index is 10.9. The molecule has 5 heteroatoms. The van der Waals surface area contributed by atoms with Crippen molar-refractivity contribution >= 4 is 5.69 Å². The molecule has 0 aromatic heterocycles. The van der Waals surface area contributed by atoms with Crippen LogP contribution in [0.5, 0.6) is 0 Å². The van der Waals surface area contributed by atoms with Crippen LogP contribution in [0.15, 0.2) is 48.5 Å². The summed E-state index contributed by atoms with van der Waals surface area (Å²) in [6.45, 7) is 4.12. The molecule has 0 aliphatic heterocycles. The summed E-state index contributed by atoms with van der Waals surface area (Å²) in [6, 6.07) is 14.6. The van der Waals surface area contributed by atoms with Crippen molar-refractivity contribution in [3.05, 3.63) is 75.3 Å². The summed E-state index contributed by atoms with van der Waals surface area (Å²) in [7, 11) is 0. The van der Waals surface area contributed by atoms with Crippen molar-refractivity contribution in [3.63, 3.8) is 0 Å². The van der Waals surface area contributed by atoms with Gasteiger partial charge in [-0.05, 0) is 30.0 Å². The summed E-state index contributed by atoms with van der Waals surface area (Å²) in [4.78, 5) is 10.6. The average molecular weight is 314 g/mol. The topological polar surface area (TPSA) is 75.4 Å². The van der Waals surface area contributed by atoms with Crippen LogP contribution in [0, 0.1) is 10.1 Å². The van der Waals surface area contributed by atoms with Crippen molar-refractivity contribution in [2.75, 3.05) is 0 Å². The molecule has 0 bridgehead atoms. The minimum absolute atomic E-state index is 0.0165. The molecule has 0 saturated heterocycles. The van der Waals surface area contributed by atoms with Crippen molar-refractivity contribution in [3.8, 4) is 0 Å². The van der Waals surface area contributed by atoms with Gasteiger partial charge in [0.05, 0.1) is 11.5 Å². The third-order valence-electron chi connectivity index (χ3n) is 3.98. The highest BCUT2D eigenvalue weighted by atomic mass is 16.6. The van der Waals surface area contributed by atoms with E-state index in [4.69, 9.17) is 0 Å². The number of hydrogen-bond acceptors (Lipinski definition) is 4. The molecule has 0 aliphatic carbocycles. The standard InChI is InChI=1S/C18H22N2O3/c1-3-18(16-8-5-9-17(11-16)20(22)23)19-13(2)15-7-4-6-14(10-15)12-21/h4-11,13,18-19,21H,3,12H2,1-2H3. The first-order valence-corrected chi connectivity index (χ1v) is 7.75. The normalized spacial score (nSPS) is 13.5. The number of rotatable bonds is 7. The van der Waals surface area contributed by atoms with Gasteiger partial charge in [0.2, 0.25) is 0 Å². The lowest BCUT2D eigenvalue weighted by atomic mass is 10.00. The zero-order chi connectivity index (χ0) is 16.8. The molecule has 122 valence electrons. The Morgan fingerprint density at radius 3 is 2.52 bits per heavy atom. The van der Waals surface area contributed by atoms with E-state index in [1.165, 1.54) is 6.07 Å². The first-order valence-electron chi connectivity index (χ1n) is 7.75. The van der Waals surface area contributed by atoms with Crippen LogP contribution >= 0.6 is 0 Å². The van der Waals surface area contributed by atoms with Gasteiger partial charge in [-0.2, -0.15) is 0 Å². The average Bonchev–Trinajstić information content (AvgIpc) is 2.59. The van der Waals surface area contributed by atoms with Gasteiger partial charge < -0.3 is 10.4 Å². The fraction of sp³-hybridized carbons (Fsp3) is 0.333. The Balaban J connectivity index is 2.18. The van der Waals surface area contributed by atoms with E-state index in [0.717, 1.165) is 23.1 Å². The first-order chi connectivity index (χ1) is 11.0. The molecule has 2 N–H and O–H groups in total. The van der Waals surface area contributed by atoms with Crippen molar-refractivity contribution in [2.45, 2.75) is 39.0 Å². The monoisotopic (exact) mass is 314 g/mol. The third-order valence-corrected chi connectivity index (χ3v) is 3.98. The summed E-state index contributed by atoms with van der Waals surface area (Å²) in [5.41, 5.74) is 2.98.